The zero-order valence-electron chi connectivity index (χ0n) is 16.5. The Bertz CT molecular complexity index is 1150. The second-order valence-electron chi connectivity index (χ2n) is 7.22. The standard InChI is InChI=1S/C24H22N6/c25-22-23(29-15-13-19-10-4-5-11-20(19)29)27-17-28-24(22)30(21-12-6-7-14-26-21)16-18-8-2-1-3-9-18/h1-12,14,17H,13,15-16,25H2. The van der Waals surface area contributed by atoms with Crippen LogP contribution in [0, 0.1) is 0 Å². The van der Waals surface area contributed by atoms with Crippen molar-refractivity contribution >= 4 is 28.8 Å². The maximum Gasteiger partial charge on any atom is 0.163 e. The fraction of sp³-hybridized carbons (Fsp3) is 0.125. The normalized spacial score (nSPS) is 12.6. The van der Waals surface area contributed by atoms with Crippen LogP contribution in [0.3, 0.4) is 0 Å². The predicted molar refractivity (Wildman–Crippen MR) is 120 cm³/mol. The van der Waals surface area contributed by atoms with Crippen molar-refractivity contribution in [3.63, 3.8) is 0 Å². The molecule has 1 aliphatic rings. The molecular weight excluding hydrogens is 372 g/mol. The number of anilines is 5. The number of pyridine rings is 1. The Balaban J connectivity index is 1.58. The summed E-state index contributed by atoms with van der Waals surface area (Å²) in [5.41, 5.74) is 10.8. The Morgan fingerprint density at radius 1 is 0.867 bits per heavy atom. The number of nitrogens with zero attached hydrogens (tertiary/aromatic N) is 5. The van der Waals surface area contributed by atoms with E-state index in [2.05, 4.69) is 50.2 Å². The third kappa shape index (κ3) is 3.33. The number of nitrogen functional groups attached to an aromatic ring is 1. The zero-order chi connectivity index (χ0) is 20.3. The minimum absolute atomic E-state index is 0.552. The van der Waals surface area contributed by atoms with E-state index in [4.69, 9.17) is 5.73 Å². The number of hydrogen-bond donors (Lipinski definition) is 1. The third-order valence-electron chi connectivity index (χ3n) is 5.35. The maximum atomic E-state index is 6.68. The average molecular weight is 394 g/mol. The Hall–Kier alpha value is -3.93. The van der Waals surface area contributed by atoms with Crippen molar-refractivity contribution in [3.8, 4) is 0 Å². The number of benzene rings is 2. The highest BCUT2D eigenvalue weighted by Gasteiger charge is 2.26. The van der Waals surface area contributed by atoms with Gasteiger partial charge in [0.2, 0.25) is 0 Å². The lowest BCUT2D eigenvalue weighted by atomic mass is 10.2. The monoisotopic (exact) mass is 394 g/mol. The molecule has 5 rings (SSSR count). The van der Waals surface area contributed by atoms with Crippen molar-refractivity contribution in [3.05, 3.63) is 96.4 Å². The number of hydrogen-bond acceptors (Lipinski definition) is 6. The lowest BCUT2D eigenvalue weighted by Gasteiger charge is -2.27. The van der Waals surface area contributed by atoms with Gasteiger partial charge in [-0.05, 0) is 35.7 Å². The van der Waals surface area contributed by atoms with Crippen molar-refractivity contribution in [2.45, 2.75) is 13.0 Å². The smallest absolute Gasteiger partial charge is 0.163 e. The molecule has 148 valence electrons. The molecule has 0 unspecified atom stereocenters. The van der Waals surface area contributed by atoms with Gasteiger partial charge in [0.1, 0.15) is 17.8 Å². The molecule has 0 saturated heterocycles. The van der Waals surface area contributed by atoms with Crippen molar-refractivity contribution in [2.24, 2.45) is 0 Å². The Kier molecular flexibility index (Phi) is 4.73. The van der Waals surface area contributed by atoms with Crippen molar-refractivity contribution in [1.29, 1.82) is 0 Å². The minimum Gasteiger partial charge on any atom is -0.393 e. The summed E-state index contributed by atoms with van der Waals surface area (Å²) in [6.45, 7) is 1.46. The first-order valence-corrected chi connectivity index (χ1v) is 9.99. The second kappa shape index (κ2) is 7.83. The van der Waals surface area contributed by atoms with E-state index in [1.54, 1.807) is 12.5 Å². The first-order valence-electron chi connectivity index (χ1n) is 9.99. The van der Waals surface area contributed by atoms with Crippen molar-refractivity contribution < 1.29 is 0 Å². The second-order valence-corrected chi connectivity index (χ2v) is 7.22. The molecule has 0 bridgehead atoms. The molecule has 2 aromatic carbocycles. The predicted octanol–water partition coefficient (Wildman–Crippen LogP) is 4.49. The molecule has 3 heterocycles. The van der Waals surface area contributed by atoms with Gasteiger partial charge in [0.05, 0.1) is 6.54 Å². The van der Waals surface area contributed by atoms with Crippen LogP contribution in [0.25, 0.3) is 0 Å². The molecule has 6 heteroatoms. The highest BCUT2D eigenvalue weighted by atomic mass is 15.3. The summed E-state index contributed by atoms with van der Waals surface area (Å²) in [6.07, 6.45) is 4.34. The van der Waals surface area contributed by atoms with E-state index in [0.717, 1.165) is 35.9 Å². The van der Waals surface area contributed by atoms with Gasteiger partial charge in [-0.25, -0.2) is 15.0 Å². The molecule has 30 heavy (non-hydrogen) atoms. The summed E-state index contributed by atoms with van der Waals surface area (Å²) in [5, 5.41) is 0. The fourth-order valence-corrected chi connectivity index (χ4v) is 3.91. The molecule has 2 aromatic heterocycles. The van der Waals surface area contributed by atoms with E-state index in [0.29, 0.717) is 18.1 Å². The quantitative estimate of drug-likeness (QED) is 0.538. The highest BCUT2D eigenvalue weighted by Crippen LogP contribution is 2.40. The molecule has 0 atom stereocenters. The van der Waals surface area contributed by atoms with Crippen LogP contribution in [0.2, 0.25) is 0 Å². The molecule has 2 N–H and O–H groups in total. The number of fused-ring (bicyclic) bond motifs is 1. The van der Waals surface area contributed by atoms with Crippen LogP contribution in [0.1, 0.15) is 11.1 Å². The van der Waals surface area contributed by atoms with Crippen LogP contribution in [0.4, 0.5) is 28.8 Å². The molecule has 0 aliphatic carbocycles. The average Bonchev–Trinajstić information content (AvgIpc) is 3.23. The fourth-order valence-electron chi connectivity index (χ4n) is 3.91. The van der Waals surface area contributed by atoms with Gasteiger partial charge in [0.15, 0.2) is 11.6 Å². The minimum atomic E-state index is 0.552. The SMILES string of the molecule is Nc1c(N(Cc2ccccc2)c2ccccn2)ncnc1N1CCc2ccccc21. The van der Waals surface area contributed by atoms with Gasteiger partial charge in [-0.1, -0.05) is 54.6 Å². The highest BCUT2D eigenvalue weighted by molar-refractivity contribution is 5.83. The van der Waals surface area contributed by atoms with Gasteiger partial charge >= 0.3 is 0 Å². The first kappa shape index (κ1) is 18.1. The van der Waals surface area contributed by atoms with Crippen LogP contribution in [-0.2, 0) is 13.0 Å². The molecule has 6 nitrogen and oxygen atoms in total. The van der Waals surface area contributed by atoms with E-state index in [1.807, 2.05) is 47.4 Å². The number of rotatable bonds is 5. The summed E-state index contributed by atoms with van der Waals surface area (Å²) in [7, 11) is 0. The first-order chi connectivity index (χ1) is 14.8. The van der Waals surface area contributed by atoms with Crippen LogP contribution in [-0.4, -0.2) is 21.5 Å². The topological polar surface area (TPSA) is 71.2 Å². The van der Waals surface area contributed by atoms with Gasteiger partial charge in [-0.2, -0.15) is 0 Å². The zero-order valence-corrected chi connectivity index (χ0v) is 16.5. The molecule has 4 aromatic rings. The van der Waals surface area contributed by atoms with E-state index in [-0.39, 0.29) is 0 Å². The summed E-state index contributed by atoms with van der Waals surface area (Å²) in [5.74, 6) is 2.19. The number of nitrogens with two attached hydrogens (primary N) is 1. The van der Waals surface area contributed by atoms with Crippen molar-refractivity contribution in [1.82, 2.24) is 15.0 Å². The third-order valence-corrected chi connectivity index (χ3v) is 5.35. The maximum absolute atomic E-state index is 6.68. The van der Waals surface area contributed by atoms with Gasteiger partial charge in [-0.3, -0.25) is 0 Å². The van der Waals surface area contributed by atoms with Crippen LogP contribution in [0.15, 0.2) is 85.3 Å². The summed E-state index contributed by atoms with van der Waals surface area (Å²) >= 11 is 0. The van der Waals surface area contributed by atoms with E-state index in [1.165, 1.54) is 5.56 Å². The molecule has 0 spiro atoms. The lowest BCUT2D eigenvalue weighted by molar-refractivity contribution is 0.908. The Labute approximate surface area is 175 Å². The molecule has 1 aliphatic heterocycles. The Morgan fingerprint density at radius 2 is 1.67 bits per heavy atom. The van der Waals surface area contributed by atoms with Crippen LogP contribution < -0.4 is 15.5 Å². The van der Waals surface area contributed by atoms with Crippen molar-refractivity contribution in [2.75, 3.05) is 22.1 Å². The van der Waals surface area contributed by atoms with Gasteiger partial charge < -0.3 is 15.5 Å². The molecular formula is C24H22N6. The van der Waals surface area contributed by atoms with E-state index in [9.17, 15) is 0 Å². The van der Waals surface area contributed by atoms with E-state index < -0.39 is 0 Å². The molecule has 0 saturated carbocycles. The molecule has 0 radical (unpaired) electrons. The number of para-hydroxylation sites is 1. The summed E-state index contributed by atoms with van der Waals surface area (Å²) in [4.78, 5) is 17.9. The van der Waals surface area contributed by atoms with Gasteiger partial charge in [0, 0.05) is 18.4 Å². The summed E-state index contributed by atoms with van der Waals surface area (Å²) < 4.78 is 0. The largest absolute Gasteiger partial charge is 0.393 e. The molecule has 0 fully saturated rings. The van der Waals surface area contributed by atoms with Gasteiger partial charge in [0.25, 0.3) is 0 Å². The van der Waals surface area contributed by atoms with Gasteiger partial charge in [-0.15, -0.1) is 0 Å². The lowest BCUT2D eigenvalue weighted by Crippen LogP contribution is -2.23. The summed E-state index contributed by atoms with van der Waals surface area (Å²) in [6, 6.07) is 24.5. The molecule has 0 amide bonds. The van der Waals surface area contributed by atoms with Crippen LogP contribution in [0.5, 0.6) is 0 Å². The Morgan fingerprint density at radius 3 is 2.50 bits per heavy atom. The number of aromatic nitrogens is 3. The van der Waals surface area contributed by atoms with Crippen LogP contribution >= 0.6 is 0 Å². The van der Waals surface area contributed by atoms with E-state index >= 15 is 0 Å².